The second kappa shape index (κ2) is 8.02. The molecule has 0 bridgehead atoms. The maximum Gasteiger partial charge on any atom is 0.315 e. The maximum absolute atomic E-state index is 11.7. The van der Waals surface area contributed by atoms with Crippen LogP contribution in [0.2, 0.25) is 5.02 Å². The van der Waals surface area contributed by atoms with Gasteiger partial charge in [-0.25, -0.2) is 4.79 Å². The van der Waals surface area contributed by atoms with E-state index in [4.69, 9.17) is 11.6 Å². The van der Waals surface area contributed by atoms with Crippen LogP contribution < -0.4 is 10.6 Å². The molecule has 19 heavy (non-hydrogen) atoms. The van der Waals surface area contributed by atoms with Crippen LogP contribution in [0.4, 0.5) is 4.79 Å². The van der Waals surface area contributed by atoms with Crippen LogP contribution in [0.1, 0.15) is 38.3 Å². The molecule has 1 aromatic rings. The van der Waals surface area contributed by atoms with Gasteiger partial charge in [-0.1, -0.05) is 37.1 Å². The predicted octanol–water partition coefficient (Wildman–Crippen LogP) is 2.86. The summed E-state index contributed by atoms with van der Waals surface area (Å²) in [5.74, 6) is 0. The van der Waals surface area contributed by atoms with Gasteiger partial charge in [0.1, 0.15) is 0 Å². The molecule has 0 radical (unpaired) electrons. The molecule has 0 aromatic heterocycles. The number of urea groups is 1. The van der Waals surface area contributed by atoms with Crippen molar-refractivity contribution < 1.29 is 9.90 Å². The number of hydrogen-bond donors (Lipinski definition) is 3. The first-order valence-corrected chi connectivity index (χ1v) is 6.88. The molecule has 0 spiro atoms. The molecule has 1 aromatic carbocycles. The lowest BCUT2D eigenvalue weighted by Crippen LogP contribution is -2.40. The fraction of sp³-hybridized carbons (Fsp3) is 0.500. The maximum atomic E-state index is 11.7. The van der Waals surface area contributed by atoms with Crippen LogP contribution in [-0.2, 0) is 0 Å². The standard InChI is InChI=1S/C14H21ClN2O2/c1-3-5-13(18)9-16-14(19)17-10(2)11-6-4-7-12(15)8-11/h4,6-8,10,13,18H,3,5,9H2,1-2H3,(H2,16,17,19). The Kier molecular flexibility index (Phi) is 6.67. The summed E-state index contributed by atoms with van der Waals surface area (Å²) in [5.41, 5.74) is 0.941. The van der Waals surface area contributed by atoms with Crippen molar-refractivity contribution >= 4 is 17.6 Å². The second-order valence-corrected chi connectivity index (χ2v) is 5.01. The van der Waals surface area contributed by atoms with E-state index in [1.54, 1.807) is 6.07 Å². The number of aliphatic hydroxyl groups is 1. The fourth-order valence-electron chi connectivity index (χ4n) is 1.75. The summed E-state index contributed by atoms with van der Waals surface area (Å²) in [7, 11) is 0. The second-order valence-electron chi connectivity index (χ2n) is 4.57. The monoisotopic (exact) mass is 284 g/mol. The van der Waals surface area contributed by atoms with Crippen molar-refractivity contribution in [1.29, 1.82) is 0 Å². The molecule has 4 nitrogen and oxygen atoms in total. The zero-order valence-electron chi connectivity index (χ0n) is 11.3. The minimum Gasteiger partial charge on any atom is -0.391 e. The fourth-order valence-corrected chi connectivity index (χ4v) is 1.95. The van der Waals surface area contributed by atoms with E-state index in [-0.39, 0.29) is 18.6 Å². The highest BCUT2D eigenvalue weighted by Gasteiger charge is 2.10. The molecule has 0 saturated carbocycles. The number of carbonyl (C=O) groups is 1. The Morgan fingerprint density at radius 1 is 1.47 bits per heavy atom. The first-order valence-electron chi connectivity index (χ1n) is 6.50. The van der Waals surface area contributed by atoms with Crippen molar-refractivity contribution in [3.63, 3.8) is 0 Å². The Labute approximate surface area is 119 Å². The number of benzene rings is 1. The van der Waals surface area contributed by atoms with Crippen molar-refractivity contribution in [3.8, 4) is 0 Å². The molecule has 2 amide bonds. The average Bonchev–Trinajstić information content (AvgIpc) is 2.36. The third-order valence-corrected chi connectivity index (χ3v) is 3.05. The Morgan fingerprint density at radius 3 is 2.84 bits per heavy atom. The van der Waals surface area contributed by atoms with Gasteiger partial charge in [-0.3, -0.25) is 0 Å². The lowest BCUT2D eigenvalue weighted by Gasteiger charge is -2.16. The minimum atomic E-state index is -0.489. The van der Waals surface area contributed by atoms with Gasteiger partial charge in [0, 0.05) is 11.6 Å². The number of carbonyl (C=O) groups excluding carboxylic acids is 1. The molecule has 106 valence electrons. The van der Waals surface area contributed by atoms with E-state index in [0.29, 0.717) is 11.4 Å². The Bertz CT molecular complexity index is 412. The molecule has 0 fully saturated rings. The third-order valence-electron chi connectivity index (χ3n) is 2.82. The van der Waals surface area contributed by atoms with E-state index in [1.165, 1.54) is 0 Å². The van der Waals surface area contributed by atoms with Gasteiger partial charge < -0.3 is 15.7 Å². The van der Waals surface area contributed by atoms with E-state index < -0.39 is 6.10 Å². The summed E-state index contributed by atoms with van der Waals surface area (Å²) >= 11 is 5.90. The van der Waals surface area contributed by atoms with Crippen molar-refractivity contribution in [2.24, 2.45) is 0 Å². The number of aliphatic hydroxyl groups excluding tert-OH is 1. The highest BCUT2D eigenvalue weighted by Crippen LogP contribution is 2.17. The molecule has 2 unspecified atom stereocenters. The number of nitrogens with one attached hydrogen (secondary N) is 2. The summed E-state index contributed by atoms with van der Waals surface area (Å²) in [6.45, 7) is 4.14. The van der Waals surface area contributed by atoms with E-state index in [2.05, 4.69) is 10.6 Å². The summed E-state index contributed by atoms with van der Waals surface area (Å²) in [6, 6.07) is 6.93. The van der Waals surface area contributed by atoms with Crippen LogP contribution in [0.25, 0.3) is 0 Å². The van der Waals surface area contributed by atoms with Gasteiger partial charge in [-0.15, -0.1) is 0 Å². The van der Waals surface area contributed by atoms with E-state index in [9.17, 15) is 9.90 Å². The van der Waals surface area contributed by atoms with Crippen molar-refractivity contribution in [3.05, 3.63) is 34.9 Å². The van der Waals surface area contributed by atoms with Gasteiger partial charge >= 0.3 is 6.03 Å². The van der Waals surface area contributed by atoms with Gasteiger partial charge in [-0.2, -0.15) is 0 Å². The molecule has 0 saturated heterocycles. The summed E-state index contributed by atoms with van der Waals surface area (Å²) in [4.78, 5) is 11.7. The number of amides is 2. The summed E-state index contributed by atoms with van der Waals surface area (Å²) in [5, 5.41) is 15.6. The third kappa shape index (κ3) is 5.94. The van der Waals surface area contributed by atoms with Crippen molar-refractivity contribution in [2.45, 2.75) is 38.8 Å². The minimum absolute atomic E-state index is 0.137. The van der Waals surface area contributed by atoms with Crippen LogP contribution in [0.3, 0.4) is 0 Å². The van der Waals surface area contributed by atoms with Gasteiger partial charge in [0.05, 0.1) is 12.1 Å². The van der Waals surface area contributed by atoms with Gasteiger partial charge in [-0.05, 0) is 31.0 Å². The zero-order valence-corrected chi connectivity index (χ0v) is 12.1. The normalized spacial score (nSPS) is 13.7. The quantitative estimate of drug-likeness (QED) is 0.752. The molecule has 0 aliphatic carbocycles. The molecule has 3 N–H and O–H groups in total. The van der Waals surface area contributed by atoms with Crippen molar-refractivity contribution in [2.75, 3.05) is 6.54 Å². The molecule has 0 aliphatic rings. The number of halogens is 1. The number of hydrogen-bond acceptors (Lipinski definition) is 2. The molecule has 5 heteroatoms. The predicted molar refractivity (Wildman–Crippen MR) is 77.3 cm³/mol. The molecule has 0 heterocycles. The first kappa shape index (κ1) is 15.8. The lowest BCUT2D eigenvalue weighted by molar-refractivity contribution is 0.160. The zero-order chi connectivity index (χ0) is 14.3. The van der Waals surface area contributed by atoms with Gasteiger partial charge in [0.2, 0.25) is 0 Å². The molecule has 1 rings (SSSR count). The SMILES string of the molecule is CCCC(O)CNC(=O)NC(C)c1cccc(Cl)c1. The molecular formula is C14H21ClN2O2. The van der Waals surface area contributed by atoms with Gasteiger partial charge in [0.25, 0.3) is 0 Å². The van der Waals surface area contributed by atoms with Crippen molar-refractivity contribution in [1.82, 2.24) is 10.6 Å². The highest BCUT2D eigenvalue weighted by atomic mass is 35.5. The van der Waals surface area contributed by atoms with Crippen LogP contribution in [0.5, 0.6) is 0 Å². The summed E-state index contributed by atoms with van der Waals surface area (Å²) in [6.07, 6.45) is 1.09. The van der Waals surface area contributed by atoms with Crippen LogP contribution >= 0.6 is 11.6 Å². The van der Waals surface area contributed by atoms with Crippen LogP contribution in [0.15, 0.2) is 24.3 Å². The molecule has 0 aliphatic heterocycles. The van der Waals surface area contributed by atoms with E-state index in [1.807, 2.05) is 32.0 Å². The van der Waals surface area contributed by atoms with E-state index in [0.717, 1.165) is 12.0 Å². The van der Waals surface area contributed by atoms with E-state index >= 15 is 0 Å². The lowest BCUT2D eigenvalue weighted by atomic mass is 10.1. The first-order chi connectivity index (χ1) is 9.02. The molecule has 2 atom stereocenters. The molecular weight excluding hydrogens is 264 g/mol. The summed E-state index contributed by atoms with van der Waals surface area (Å²) < 4.78 is 0. The Morgan fingerprint density at radius 2 is 2.21 bits per heavy atom. The van der Waals surface area contributed by atoms with Crippen LogP contribution in [0, 0.1) is 0 Å². The smallest absolute Gasteiger partial charge is 0.315 e. The largest absolute Gasteiger partial charge is 0.391 e. The Hall–Kier alpha value is -1.26. The average molecular weight is 285 g/mol. The highest BCUT2D eigenvalue weighted by molar-refractivity contribution is 6.30. The van der Waals surface area contributed by atoms with Gasteiger partial charge in [0.15, 0.2) is 0 Å². The number of rotatable bonds is 6. The van der Waals surface area contributed by atoms with Crippen LogP contribution in [-0.4, -0.2) is 23.8 Å². The topological polar surface area (TPSA) is 61.4 Å². The Balaban J connectivity index is 2.40.